The molecule has 2 aromatic rings. The van der Waals surface area contributed by atoms with Gasteiger partial charge in [0, 0.05) is 37.5 Å². The zero-order valence-corrected chi connectivity index (χ0v) is 28.6. The van der Waals surface area contributed by atoms with Gasteiger partial charge in [-0.05, 0) is 36.8 Å². The number of ether oxygens (including phenoxy) is 2. The van der Waals surface area contributed by atoms with E-state index in [1.165, 1.54) is 0 Å². The molecule has 3 saturated heterocycles. The number of carbonyl (C=O) groups is 4. The number of benzene rings is 2. The number of nitrogens with zero attached hydrogens (tertiary/aromatic N) is 2. The number of aliphatic hydroxyl groups is 1. The van der Waals surface area contributed by atoms with Crippen LogP contribution < -0.4 is 5.32 Å². The fourth-order valence-corrected chi connectivity index (χ4v) is 8.26. The highest BCUT2D eigenvalue weighted by Gasteiger charge is 2.77. The van der Waals surface area contributed by atoms with Crippen LogP contribution in [0.15, 0.2) is 86.0 Å². The molecule has 2 aromatic carbocycles. The van der Waals surface area contributed by atoms with Gasteiger partial charge in [0.15, 0.2) is 0 Å². The average molecular weight is 723 g/mol. The normalized spacial score (nSPS) is 26.1. The first-order valence-corrected chi connectivity index (χ1v) is 17.5. The summed E-state index contributed by atoms with van der Waals surface area (Å²) in [4.78, 5) is 58.6. The molecule has 48 heavy (non-hydrogen) atoms. The molecule has 3 aliphatic heterocycles. The number of fused-ring (bicyclic) bond motifs is 1. The molecule has 0 saturated carbocycles. The maximum absolute atomic E-state index is 14.6. The number of allylic oxidation sites excluding steroid dienone is 1. The van der Waals surface area contributed by atoms with Crippen LogP contribution in [0.1, 0.15) is 49.3 Å². The lowest BCUT2D eigenvalue weighted by Crippen LogP contribution is -2.56. The summed E-state index contributed by atoms with van der Waals surface area (Å²) in [5, 5.41) is 12.4. The Morgan fingerprint density at radius 2 is 1.81 bits per heavy atom. The molecule has 2 bridgehead atoms. The van der Waals surface area contributed by atoms with Crippen molar-refractivity contribution in [3.8, 4) is 0 Å². The van der Waals surface area contributed by atoms with E-state index in [2.05, 4.69) is 34.4 Å². The van der Waals surface area contributed by atoms with Crippen molar-refractivity contribution >= 4 is 39.6 Å². The third-order valence-electron chi connectivity index (χ3n) is 9.47. The van der Waals surface area contributed by atoms with E-state index < -0.39 is 41.7 Å². The number of rotatable bonds is 17. The van der Waals surface area contributed by atoms with E-state index in [4.69, 9.17) is 9.47 Å². The van der Waals surface area contributed by atoms with Crippen molar-refractivity contribution in [1.82, 2.24) is 15.1 Å². The molecule has 0 radical (unpaired) electrons. The quantitative estimate of drug-likeness (QED) is 0.109. The third kappa shape index (κ3) is 7.28. The number of carbonyl (C=O) groups excluding carboxylic acids is 4. The van der Waals surface area contributed by atoms with Crippen molar-refractivity contribution in [2.45, 2.75) is 67.3 Å². The zero-order chi connectivity index (χ0) is 34.3. The van der Waals surface area contributed by atoms with E-state index in [-0.39, 0.29) is 55.2 Å². The molecule has 3 fully saturated rings. The Kier molecular flexibility index (Phi) is 11.9. The molecule has 10 nitrogen and oxygen atoms in total. The van der Waals surface area contributed by atoms with Crippen LogP contribution in [0.3, 0.4) is 0 Å². The largest absolute Gasteiger partial charge is 0.455 e. The Bertz CT molecular complexity index is 1470. The molecule has 3 aliphatic rings. The first-order chi connectivity index (χ1) is 23.2. The lowest BCUT2D eigenvalue weighted by molar-refractivity contribution is -0.160. The zero-order valence-electron chi connectivity index (χ0n) is 27.0. The highest BCUT2D eigenvalue weighted by Crippen LogP contribution is 2.60. The van der Waals surface area contributed by atoms with Crippen LogP contribution in [0.5, 0.6) is 0 Å². The number of alkyl halides is 1. The van der Waals surface area contributed by atoms with Gasteiger partial charge in [-0.25, -0.2) is 0 Å². The van der Waals surface area contributed by atoms with Crippen molar-refractivity contribution in [2.75, 3.05) is 26.2 Å². The number of nitrogens with one attached hydrogen (secondary N) is 1. The molecule has 1 unspecified atom stereocenters. The summed E-state index contributed by atoms with van der Waals surface area (Å²) in [6.07, 6.45) is 3.90. The number of aliphatic hydroxyl groups excluding tert-OH is 1. The summed E-state index contributed by atoms with van der Waals surface area (Å²) in [5.41, 5.74) is 0.368. The molecule has 7 atom stereocenters. The van der Waals surface area contributed by atoms with Gasteiger partial charge < -0.3 is 29.7 Å². The smallest absolute Gasteiger partial charge is 0.313 e. The number of esters is 1. The summed E-state index contributed by atoms with van der Waals surface area (Å²) in [5.74, 6) is -3.33. The van der Waals surface area contributed by atoms with Crippen molar-refractivity contribution in [2.24, 2.45) is 11.8 Å². The number of amides is 3. The van der Waals surface area contributed by atoms with Crippen molar-refractivity contribution in [3.05, 3.63) is 97.1 Å². The van der Waals surface area contributed by atoms with E-state index in [1.54, 1.807) is 22.0 Å². The van der Waals surface area contributed by atoms with E-state index in [1.807, 2.05) is 60.7 Å². The minimum absolute atomic E-state index is 0.0478. The predicted octanol–water partition coefficient (Wildman–Crippen LogP) is 4.09. The summed E-state index contributed by atoms with van der Waals surface area (Å²) in [6.45, 7) is 8.33. The summed E-state index contributed by atoms with van der Waals surface area (Å²) in [7, 11) is 0. The average Bonchev–Trinajstić information content (AvgIpc) is 3.69. The van der Waals surface area contributed by atoms with Gasteiger partial charge >= 0.3 is 5.97 Å². The maximum atomic E-state index is 14.6. The molecular weight excluding hydrogens is 678 g/mol. The fourth-order valence-electron chi connectivity index (χ4n) is 7.32. The van der Waals surface area contributed by atoms with Gasteiger partial charge in [-0.2, -0.15) is 0 Å². The molecule has 0 aromatic heterocycles. The number of hydrogen-bond acceptors (Lipinski definition) is 7. The Labute approximate surface area is 290 Å². The summed E-state index contributed by atoms with van der Waals surface area (Å²) < 4.78 is 12.8. The second-order valence-electron chi connectivity index (χ2n) is 12.6. The maximum Gasteiger partial charge on any atom is 0.313 e. The molecule has 3 heterocycles. The molecule has 3 amide bonds. The van der Waals surface area contributed by atoms with Crippen molar-refractivity contribution in [1.29, 1.82) is 0 Å². The first-order valence-electron chi connectivity index (χ1n) is 16.6. The van der Waals surface area contributed by atoms with Gasteiger partial charge in [0.2, 0.25) is 17.7 Å². The molecular formula is C37H44BrN3O7. The monoisotopic (exact) mass is 721 g/mol. The third-order valence-corrected chi connectivity index (χ3v) is 10.3. The van der Waals surface area contributed by atoms with Gasteiger partial charge in [-0.1, -0.05) is 88.7 Å². The van der Waals surface area contributed by atoms with Crippen LogP contribution in [0.25, 0.3) is 0 Å². The molecule has 0 aliphatic carbocycles. The number of halogens is 1. The molecule has 256 valence electrons. The van der Waals surface area contributed by atoms with E-state index >= 15 is 0 Å². The van der Waals surface area contributed by atoms with E-state index in [0.717, 1.165) is 5.56 Å². The number of unbranched alkanes of at least 4 members (excludes halogenated alkanes) is 1. The minimum atomic E-state index is -1.26. The Morgan fingerprint density at radius 3 is 2.48 bits per heavy atom. The standard InChI is InChI=1S/C37H44BrN3O7/c1-3-5-18-29(43)39-23-28(26-16-10-7-11-17-26)47-36(46)30-31-34(44)41(20-12-13-21-42)33(37(31)22-27(38)32(30)48-37)35(45)40(19-4-2)24-25-14-8-6-9-15-25/h3-4,6-11,14-17,27-28,30-33,42H,1-2,5,12-13,18-24H2,(H,39,43)/t27?,28-,30-,31+,32-,33-,37+/m0/s1. The van der Waals surface area contributed by atoms with Crippen LogP contribution in [0.2, 0.25) is 0 Å². The van der Waals surface area contributed by atoms with Crippen LogP contribution >= 0.6 is 15.9 Å². The minimum Gasteiger partial charge on any atom is -0.455 e. The molecule has 11 heteroatoms. The van der Waals surface area contributed by atoms with Crippen molar-refractivity contribution < 1.29 is 33.8 Å². The van der Waals surface area contributed by atoms with Gasteiger partial charge in [0.1, 0.15) is 17.7 Å². The molecule has 5 rings (SSSR count). The molecule has 2 N–H and O–H groups in total. The number of hydrogen-bond donors (Lipinski definition) is 2. The SMILES string of the molecule is C=CCCC(=O)NC[C@H](OC(=O)[C@@H]1[C@H]2O[C@@]3(CC2Br)[C@H](C(=O)N(CC=C)Cc2ccccc2)N(CCCCO)C(=O)[C@@H]13)c1ccccc1. The van der Waals surface area contributed by atoms with Gasteiger partial charge in [-0.15, -0.1) is 13.2 Å². The summed E-state index contributed by atoms with van der Waals surface area (Å²) >= 11 is 3.72. The van der Waals surface area contributed by atoms with E-state index in [0.29, 0.717) is 37.8 Å². The predicted molar refractivity (Wildman–Crippen MR) is 184 cm³/mol. The topological polar surface area (TPSA) is 125 Å². The van der Waals surface area contributed by atoms with Crippen LogP contribution in [0, 0.1) is 11.8 Å². The van der Waals surface area contributed by atoms with Gasteiger partial charge in [0.25, 0.3) is 0 Å². The first kappa shape index (κ1) is 35.5. The lowest BCUT2D eigenvalue weighted by Gasteiger charge is -2.37. The second-order valence-corrected chi connectivity index (χ2v) is 13.8. The van der Waals surface area contributed by atoms with Crippen molar-refractivity contribution in [3.63, 3.8) is 0 Å². The van der Waals surface area contributed by atoms with Gasteiger partial charge in [-0.3, -0.25) is 19.2 Å². The van der Waals surface area contributed by atoms with Crippen LogP contribution in [-0.2, 0) is 35.2 Å². The molecule has 1 spiro atoms. The lowest BCUT2D eigenvalue weighted by atomic mass is 9.70. The summed E-state index contributed by atoms with van der Waals surface area (Å²) in [6, 6.07) is 17.8. The second kappa shape index (κ2) is 16.1. The highest BCUT2D eigenvalue weighted by atomic mass is 79.9. The van der Waals surface area contributed by atoms with Crippen LogP contribution in [0.4, 0.5) is 0 Å². The Morgan fingerprint density at radius 1 is 1.10 bits per heavy atom. The Hall–Kier alpha value is -3.80. The van der Waals surface area contributed by atoms with E-state index in [9.17, 15) is 24.3 Å². The number of likely N-dealkylation sites (tertiary alicyclic amines) is 1. The van der Waals surface area contributed by atoms with Crippen LogP contribution in [-0.4, -0.2) is 87.4 Å². The van der Waals surface area contributed by atoms with Gasteiger partial charge in [0.05, 0.1) is 24.5 Å². The Balaban J connectivity index is 1.45. The fraction of sp³-hybridized carbons (Fsp3) is 0.459. The highest BCUT2D eigenvalue weighted by molar-refractivity contribution is 9.09.